The van der Waals surface area contributed by atoms with Crippen molar-refractivity contribution in [3.05, 3.63) is 42.4 Å². The van der Waals surface area contributed by atoms with Gasteiger partial charge in [-0.2, -0.15) is 0 Å². The predicted octanol–water partition coefficient (Wildman–Crippen LogP) is 1.93. The lowest BCUT2D eigenvalue weighted by atomic mass is 10.1. The summed E-state index contributed by atoms with van der Waals surface area (Å²) in [5.41, 5.74) is 3.68. The number of amides is 1. The Balaban J connectivity index is 2.13. The third kappa shape index (κ3) is 4.00. The van der Waals surface area contributed by atoms with Crippen LogP contribution in [0.5, 0.6) is 5.75 Å². The van der Waals surface area contributed by atoms with E-state index in [0.29, 0.717) is 12.3 Å². The number of carbonyl (C=O) groups excluding carboxylic acids is 1. The predicted molar refractivity (Wildman–Crippen MR) is 79.5 cm³/mol. The average molecular weight is 286 g/mol. The molecular formula is C15H18N4O2. The van der Waals surface area contributed by atoms with Crippen molar-refractivity contribution in [3.8, 4) is 17.0 Å². The standard InChI is InChI=1S/C15H18N4O2/c1-2-3-8-21-12-6-4-11(5-7-12)13-9-17-10-14(18-13)15(20)19-16/h4-7,9-10H,2-3,8,16H2,1H3,(H,19,20). The summed E-state index contributed by atoms with van der Waals surface area (Å²) in [6.07, 6.45) is 5.10. The molecule has 1 aromatic carbocycles. The number of nitrogens with two attached hydrogens (primary N) is 1. The number of nitrogens with one attached hydrogen (secondary N) is 1. The highest BCUT2D eigenvalue weighted by atomic mass is 16.5. The van der Waals surface area contributed by atoms with E-state index in [1.807, 2.05) is 29.7 Å². The van der Waals surface area contributed by atoms with E-state index in [9.17, 15) is 4.79 Å². The Hall–Kier alpha value is -2.47. The average Bonchev–Trinajstić information content (AvgIpc) is 2.55. The zero-order chi connectivity index (χ0) is 15.1. The summed E-state index contributed by atoms with van der Waals surface area (Å²) in [5, 5.41) is 0. The fourth-order valence-corrected chi connectivity index (χ4v) is 1.74. The third-order valence-corrected chi connectivity index (χ3v) is 2.91. The quantitative estimate of drug-likeness (QED) is 0.366. The molecule has 110 valence electrons. The Bertz CT molecular complexity index is 599. The first-order valence-corrected chi connectivity index (χ1v) is 6.81. The van der Waals surface area contributed by atoms with Gasteiger partial charge in [-0.25, -0.2) is 10.8 Å². The van der Waals surface area contributed by atoms with Crippen LogP contribution in [0, 0.1) is 0 Å². The molecule has 0 aliphatic heterocycles. The number of ether oxygens (including phenoxy) is 1. The second-order valence-electron chi connectivity index (χ2n) is 4.49. The molecule has 0 aliphatic carbocycles. The molecule has 0 atom stereocenters. The lowest BCUT2D eigenvalue weighted by molar-refractivity contribution is 0.0948. The minimum Gasteiger partial charge on any atom is -0.494 e. The number of hydrazine groups is 1. The lowest BCUT2D eigenvalue weighted by Crippen LogP contribution is -2.30. The van der Waals surface area contributed by atoms with Gasteiger partial charge in [-0.1, -0.05) is 13.3 Å². The first-order valence-electron chi connectivity index (χ1n) is 6.81. The number of hydrogen-bond donors (Lipinski definition) is 2. The molecular weight excluding hydrogens is 268 g/mol. The highest BCUT2D eigenvalue weighted by molar-refractivity contribution is 5.91. The van der Waals surface area contributed by atoms with E-state index in [1.165, 1.54) is 6.20 Å². The van der Waals surface area contributed by atoms with Crippen LogP contribution in [0.1, 0.15) is 30.3 Å². The van der Waals surface area contributed by atoms with Crippen molar-refractivity contribution in [2.24, 2.45) is 5.84 Å². The first-order chi connectivity index (χ1) is 10.2. The second-order valence-corrected chi connectivity index (χ2v) is 4.49. The fraction of sp³-hybridized carbons (Fsp3) is 0.267. The molecule has 6 heteroatoms. The molecule has 0 radical (unpaired) electrons. The molecule has 1 amide bonds. The van der Waals surface area contributed by atoms with E-state index in [-0.39, 0.29) is 5.69 Å². The summed E-state index contributed by atoms with van der Waals surface area (Å²) < 4.78 is 5.60. The van der Waals surface area contributed by atoms with Crippen molar-refractivity contribution in [2.45, 2.75) is 19.8 Å². The Labute approximate surface area is 123 Å². The Morgan fingerprint density at radius 2 is 2.05 bits per heavy atom. The summed E-state index contributed by atoms with van der Waals surface area (Å²) in [7, 11) is 0. The van der Waals surface area contributed by atoms with Gasteiger partial charge in [0, 0.05) is 5.56 Å². The first kappa shape index (κ1) is 14.9. The third-order valence-electron chi connectivity index (χ3n) is 2.91. The van der Waals surface area contributed by atoms with E-state index in [2.05, 4.69) is 16.9 Å². The van der Waals surface area contributed by atoms with Crippen molar-refractivity contribution >= 4 is 5.91 Å². The molecule has 1 aromatic heterocycles. The largest absolute Gasteiger partial charge is 0.494 e. The number of carbonyl (C=O) groups is 1. The van der Waals surface area contributed by atoms with Crippen molar-refractivity contribution in [3.63, 3.8) is 0 Å². The molecule has 3 N–H and O–H groups in total. The van der Waals surface area contributed by atoms with E-state index >= 15 is 0 Å². The van der Waals surface area contributed by atoms with Gasteiger partial charge < -0.3 is 4.74 Å². The van der Waals surface area contributed by atoms with E-state index in [4.69, 9.17) is 10.6 Å². The molecule has 0 saturated heterocycles. The number of rotatable bonds is 6. The summed E-state index contributed by atoms with van der Waals surface area (Å²) in [5.74, 6) is 5.43. The number of nitrogen functional groups attached to an aromatic ring is 1. The van der Waals surface area contributed by atoms with Gasteiger partial charge in [0.1, 0.15) is 11.4 Å². The summed E-state index contributed by atoms with van der Waals surface area (Å²) in [4.78, 5) is 19.7. The zero-order valence-corrected chi connectivity index (χ0v) is 11.9. The van der Waals surface area contributed by atoms with Crippen LogP contribution >= 0.6 is 0 Å². The normalized spacial score (nSPS) is 10.2. The van der Waals surface area contributed by atoms with Crippen molar-refractivity contribution in [1.82, 2.24) is 15.4 Å². The smallest absolute Gasteiger partial charge is 0.285 e. The highest BCUT2D eigenvalue weighted by Gasteiger charge is 2.08. The lowest BCUT2D eigenvalue weighted by Gasteiger charge is -2.07. The summed E-state index contributed by atoms with van der Waals surface area (Å²) in [6, 6.07) is 7.52. The van der Waals surface area contributed by atoms with E-state index < -0.39 is 5.91 Å². The maximum Gasteiger partial charge on any atom is 0.285 e. The van der Waals surface area contributed by atoms with Crippen LogP contribution in [0.2, 0.25) is 0 Å². The summed E-state index contributed by atoms with van der Waals surface area (Å²) >= 11 is 0. The fourth-order valence-electron chi connectivity index (χ4n) is 1.74. The van der Waals surface area contributed by atoms with Gasteiger partial charge in [-0.15, -0.1) is 0 Å². The topological polar surface area (TPSA) is 90.1 Å². The van der Waals surface area contributed by atoms with Gasteiger partial charge in [0.2, 0.25) is 0 Å². The molecule has 0 aliphatic rings. The van der Waals surface area contributed by atoms with Crippen molar-refractivity contribution in [2.75, 3.05) is 6.61 Å². The maximum atomic E-state index is 11.4. The van der Waals surface area contributed by atoms with Gasteiger partial charge in [-0.3, -0.25) is 15.2 Å². The summed E-state index contributed by atoms with van der Waals surface area (Å²) in [6.45, 7) is 2.83. The zero-order valence-electron chi connectivity index (χ0n) is 11.9. The number of benzene rings is 1. The van der Waals surface area contributed by atoms with Crippen LogP contribution < -0.4 is 16.0 Å². The van der Waals surface area contributed by atoms with E-state index in [1.54, 1.807) is 6.20 Å². The molecule has 1 heterocycles. The Morgan fingerprint density at radius 1 is 1.29 bits per heavy atom. The molecule has 2 aromatic rings. The van der Waals surface area contributed by atoms with Crippen LogP contribution in [0.4, 0.5) is 0 Å². The minimum atomic E-state index is -0.469. The van der Waals surface area contributed by atoms with Gasteiger partial charge in [0.05, 0.1) is 24.7 Å². The van der Waals surface area contributed by atoms with Crippen molar-refractivity contribution < 1.29 is 9.53 Å². The molecule has 0 spiro atoms. The van der Waals surface area contributed by atoms with Crippen LogP contribution in [-0.4, -0.2) is 22.5 Å². The monoisotopic (exact) mass is 286 g/mol. The van der Waals surface area contributed by atoms with Gasteiger partial charge in [0.15, 0.2) is 0 Å². The van der Waals surface area contributed by atoms with Gasteiger partial charge in [0.25, 0.3) is 5.91 Å². The minimum absolute atomic E-state index is 0.179. The molecule has 0 saturated carbocycles. The maximum absolute atomic E-state index is 11.4. The molecule has 6 nitrogen and oxygen atoms in total. The van der Waals surface area contributed by atoms with Gasteiger partial charge >= 0.3 is 0 Å². The highest BCUT2D eigenvalue weighted by Crippen LogP contribution is 2.20. The SMILES string of the molecule is CCCCOc1ccc(-c2cncc(C(=O)NN)n2)cc1. The van der Waals surface area contributed by atoms with Crippen LogP contribution in [0.3, 0.4) is 0 Å². The van der Waals surface area contributed by atoms with Crippen LogP contribution in [0.25, 0.3) is 11.3 Å². The number of unbranched alkanes of at least 4 members (excludes halogenated alkanes) is 1. The molecule has 2 rings (SSSR count). The Morgan fingerprint density at radius 3 is 2.71 bits per heavy atom. The van der Waals surface area contributed by atoms with E-state index in [0.717, 1.165) is 24.2 Å². The Kier molecular flexibility index (Phi) is 5.22. The van der Waals surface area contributed by atoms with Gasteiger partial charge in [-0.05, 0) is 30.7 Å². The molecule has 0 unspecified atom stereocenters. The number of aromatic nitrogens is 2. The van der Waals surface area contributed by atoms with Crippen molar-refractivity contribution in [1.29, 1.82) is 0 Å². The van der Waals surface area contributed by atoms with Crippen LogP contribution in [0.15, 0.2) is 36.7 Å². The molecule has 0 bridgehead atoms. The second kappa shape index (κ2) is 7.35. The molecule has 0 fully saturated rings. The number of hydrogen-bond acceptors (Lipinski definition) is 5. The van der Waals surface area contributed by atoms with Crippen LogP contribution in [-0.2, 0) is 0 Å². The number of nitrogens with zero attached hydrogens (tertiary/aromatic N) is 2. The molecule has 21 heavy (non-hydrogen) atoms.